The molecule has 0 bridgehead atoms. The first-order chi connectivity index (χ1) is 11.2. The molecule has 1 fully saturated rings. The average molecular weight is 344 g/mol. The van der Waals surface area contributed by atoms with Crippen LogP contribution in [0, 0.1) is 0 Å². The molecule has 1 heterocycles. The number of piperidine rings is 1. The van der Waals surface area contributed by atoms with Crippen LogP contribution in [-0.2, 0) is 4.79 Å². The van der Waals surface area contributed by atoms with E-state index >= 15 is 0 Å². The summed E-state index contributed by atoms with van der Waals surface area (Å²) >= 11 is 0. The Morgan fingerprint density at radius 2 is 1.96 bits per heavy atom. The summed E-state index contributed by atoms with van der Waals surface area (Å²) in [6.45, 7) is -1.37. The molecule has 6 nitrogen and oxygen atoms in total. The largest absolute Gasteiger partial charge is 0.478 e. The fourth-order valence-electron chi connectivity index (χ4n) is 2.48. The van der Waals surface area contributed by atoms with Crippen molar-refractivity contribution in [2.24, 2.45) is 0 Å². The van der Waals surface area contributed by atoms with Crippen molar-refractivity contribution in [1.82, 2.24) is 10.2 Å². The number of alkyl halides is 3. The predicted molar refractivity (Wildman–Crippen MR) is 76.5 cm³/mol. The molecule has 0 aromatic heterocycles. The molecule has 0 saturated carbocycles. The molecule has 130 valence electrons. The number of hydrogen-bond donors (Lipinski definition) is 2. The third-order valence-corrected chi connectivity index (χ3v) is 3.58. The van der Waals surface area contributed by atoms with Gasteiger partial charge >= 0.3 is 12.1 Å². The zero-order valence-electron chi connectivity index (χ0n) is 12.5. The van der Waals surface area contributed by atoms with Gasteiger partial charge in [0.2, 0.25) is 5.91 Å². The Morgan fingerprint density at radius 1 is 1.29 bits per heavy atom. The van der Waals surface area contributed by atoms with E-state index in [0.717, 1.165) is 6.07 Å². The van der Waals surface area contributed by atoms with Crippen LogP contribution in [0.25, 0.3) is 0 Å². The summed E-state index contributed by atoms with van der Waals surface area (Å²) < 4.78 is 37.4. The molecule has 1 aromatic carbocycles. The first-order valence-corrected chi connectivity index (χ1v) is 7.17. The minimum absolute atomic E-state index is 0.0147. The number of aromatic carboxylic acids is 1. The Bertz CT molecular complexity index is 660. The molecule has 2 rings (SSSR count). The molecule has 9 heteroatoms. The van der Waals surface area contributed by atoms with E-state index in [2.05, 4.69) is 5.32 Å². The zero-order valence-corrected chi connectivity index (χ0v) is 12.5. The van der Waals surface area contributed by atoms with Crippen LogP contribution >= 0.6 is 0 Å². The molecule has 2 N–H and O–H groups in total. The molecule has 1 aliphatic rings. The highest BCUT2D eigenvalue weighted by Crippen LogP contribution is 2.21. The van der Waals surface area contributed by atoms with Gasteiger partial charge in [-0.3, -0.25) is 9.59 Å². The molecule has 2 amide bonds. The van der Waals surface area contributed by atoms with Gasteiger partial charge < -0.3 is 15.3 Å². The Morgan fingerprint density at radius 3 is 2.58 bits per heavy atom. The number of carboxylic acids is 1. The number of halogens is 3. The van der Waals surface area contributed by atoms with Gasteiger partial charge in [0, 0.05) is 12.1 Å². The maximum atomic E-state index is 12.5. The fourth-order valence-corrected chi connectivity index (χ4v) is 2.48. The van der Waals surface area contributed by atoms with E-state index in [9.17, 15) is 27.6 Å². The molecule has 0 aliphatic carbocycles. The van der Waals surface area contributed by atoms with Gasteiger partial charge in [-0.2, -0.15) is 13.2 Å². The number of likely N-dealkylation sites (tertiary alicyclic amines) is 1. The molecule has 0 radical (unpaired) electrons. The number of carbonyl (C=O) groups excluding carboxylic acids is 2. The van der Waals surface area contributed by atoms with E-state index in [4.69, 9.17) is 5.11 Å². The van der Waals surface area contributed by atoms with Gasteiger partial charge in [0.15, 0.2) is 0 Å². The van der Waals surface area contributed by atoms with Crippen molar-refractivity contribution < 1.29 is 32.7 Å². The standard InChI is InChI=1S/C15H15F3N2O4/c16-15(17,18)8-20-6-2-5-11(13(20)22)19-12(21)9-3-1-4-10(7-9)14(23)24/h1,3-4,7,11H,2,5-6,8H2,(H,19,21)(H,23,24). The molecule has 1 atom stereocenters. The first-order valence-electron chi connectivity index (χ1n) is 7.17. The molecule has 1 unspecified atom stereocenters. The van der Waals surface area contributed by atoms with Crippen molar-refractivity contribution in [1.29, 1.82) is 0 Å². The minimum Gasteiger partial charge on any atom is -0.478 e. The van der Waals surface area contributed by atoms with Crippen molar-refractivity contribution in [2.75, 3.05) is 13.1 Å². The Hall–Kier alpha value is -2.58. The van der Waals surface area contributed by atoms with Gasteiger partial charge in [-0.1, -0.05) is 6.07 Å². The van der Waals surface area contributed by atoms with Gasteiger partial charge in [0.25, 0.3) is 5.91 Å². The fraction of sp³-hybridized carbons (Fsp3) is 0.400. The van der Waals surface area contributed by atoms with E-state index in [1.807, 2.05) is 0 Å². The minimum atomic E-state index is -4.50. The summed E-state index contributed by atoms with van der Waals surface area (Å²) in [5.74, 6) is -2.71. The maximum absolute atomic E-state index is 12.5. The molecule has 1 aromatic rings. The number of rotatable bonds is 4. The van der Waals surface area contributed by atoms with Crippen LogP contribution in [0.15, 0.2) is 24.3 Å². The number of carboxylic acid groups (broad SMARTS) is 1. The summed E-state index contributed by atoms with van der Waals surface area (Å²) in [5, 5.41) is 11.3. The average Bonchev–Trinajstić information content (AvgIpc) is 2.50. The SMILES string of the molecule is O=C(O)c1cccc(C(=O)NC2CCCN(CC(F)(F)F)C2=O)c1. The Labute approximate surface area is 135 Å². The summed E-state index contributed by atoms with van der Waals surface area (Å²) in [4.78, 5) is 35.8. The summed E-state index contributed by atoms with van der Waals surface area (Å²) in [6, 6.07) is 4.12. The van der Waals surface area contributed by atoms with Crippen LogP contribution in [0.3, 0.4) is 0 Å². The molecule has 0 spiro atoms. The number of amides is 2. The van der Waals surface area contributed by atoms with Gasteiger partial charge in [-0.05, 0) is 31.0 Å². The van der Waals surface area contributed by atoms with Gasteiger partial charge in [-0.25, -0.2) is 4.79 Å². The van der Waals surface area contributed by atoms with Gasteiger partial charge in [-0.15, -0.1) is 0 Å². The van der Waals surface area contributed by atoms with Crippen molar-refractivity contribution in [3.8, 4) is 0 Å². The zero-order chi connectivity index (χ0) is 17.9. The number of nitrogens with one attached hydrogen (secondary N) is 1. The summed E-state index contributed by atoms with van der Waals surface area (Å²) in [6.07, 6.45) is -3.93. The number of benzene rings is 1. The second-order valence-corrected chi connectivity index (χ2v) is 5.43. The van der Waals surface area contributed by atoms with E-state index in [1.165, 1.54) is 18.2 Å². The lowest BCUT2D eigenvalue weighted by Crippen LogP contribution is -2.54. The van der Waals surface area contributed by atoms with Crippen molar-refractivity contribution in [3.05, 3.63) is 35.4 Å². The lowest BCUT2D eigenvalue weighted by molar-refractivity contribution is -0.164. The predicted octanol–water partition coefficient (Wildman–Crippen LogP) is 1.67. The second kappa shape index (κ2) is 6.90. The highest BCUT2D eigenvalue weighted by Gasteiger charge is 2.37. The van der Waals surface area contributed by atoms with E-state index in [0.29, 0.717) is 11.3 Å². The van der Waals surface area contributed by atoms with Crippen LogP contribution in [0.2, 0.25) is 0 Å². The highest BCUT2D eigenvalue weighted by atomic mass is 19.4. The lowest BCUT2D eigenvalue weighted by Gasteiger charge is -2.33. The van der Waals surface area contributed by atoms with Crippen molar-refractivity contribution in [2.45, 2.75) is 25.1 Å². The van der Waals surface area contributed by atoms with Crippen molar-refractivity contribution >= 4 is 17.8 Å². The number of nitrogens with zero attached hydrogens (tertiary/aromatic N) is 1. The monoisotopic (exact) mass is 344 g/mol. The van der Waals surface area contributed by atoms with Crippen molar-refractivity contribution in [3.63, 3.8) is 0 Å². The third kappa shape index (κ3) is 4.46. The number of carbonyl (C=O) groups is 3. The van der Waals surface area contributed by atoms with Crippen LogP contribution < -0.4 is 5.32 Å². The van der Waals surface area contributed by atoms with E-state index < -0.39 is 36.5 Å². The maximum Gasteiger partial charge on any atom is 0.406 e. The molecule has 1 saturated heterocycles. The first kappa shape index (κ1) is 17.8. The van der Waals surface area contributed by atoms with Crippen LogP contribution in [0.4, 0.5) is 13.2 Å². The summed E-state index contributed by atoms with van der Waals surface area (Å²) in [5.41, 5.74) is -0.0769. The highest BCUT2D eigenvalue weighted by molar-refractivity contribution is 5.99. The number of hydrogen-bond acceptors (Lipinski definition) is 3. The molecular formula is C15H15F3N2O4. The molecular weight excluding hydrogens is 329 g/mol. The van der Waals surface area contributed by atoms with E-state index in [-0.39, 0.29) is 24.1 Å². The molecule has 24 heavy (non-hydrogen) atoms. The topological polar surface area (TPSA) is 86.7 Å². The third-order valence-electron chi connectivity index (χ3n) is 3.58. The second-order valence-electron chi connectivity index (χ2n) is 5.43. The molecule has 1 aliphatic heterocycles. The van der Waals surface area contributed by atoms with Crippen LogP contribution in [0.5, 0.6) is 0 Å². The Balaban J connectivity index is 2.07. The van der Waals surface area contributed by atoms with Crippen LogP contribution in [-0.4, -0.2) is 53.1 Å². The Kier molecular flexibility index (Phi) is 5.10. The lowest BCUT2D eigenvalue weighted by atomic mass is 10.0. The van der Waals surface area contributed by atoms with Crippen LogP contribution in [0.1, 0.15) is 33.6 Å². The summed E-state index contributed by atoms with van der Waals surface area (Å²) in [7, 11) is 0. The quantitative estimate of drug-likeness (QED) is 0.870. The normalized spacial score (nSPS) is 18.4. The van der Waals surface area contributed by atoms with E-state index in [1.54, 1.807) is 0 Å². The smallest absolute Gasteiger partial charge is 0.406 e. The van der Waals surface area contributed by atoms with Gasteiger partial charge in [0.1, 0.15) is 12.6 Å². The van der Waals surface area contributed by atoms with Gasteiger partial charge in [0.05, 0.1) is 5.56 Å².